The van der Waals surface area contributed by atoms with Gasteiger partial charge in [0.25, 0.3) is 0 Å². The zero-order valence-electron chi connectivity index (χ0n) is 13.2. The van der Waals surface area contributed by atoms with Gasteiger partial charge in [-0.25, -0.2) is 0 Å². The average Bonchev–Trinajstić information content (AvgIpc) is 3.11. The summed E-state index contributed by atoms with van der Waals surface area (Å²) in [6.45, 7) is 2.19. The van der Waals surface area contributed by atoms with Crippen LogP contribution in [0.4, 0.5) is 0 Å². The predicted molar refractivity (Wildman–Crippen MR) is 91.9 cm³/mol. The summed E-state index contributed by atoms with van der Waals surface area (Å²) in [5, 5.41) is 4.33. The van der Waals surface area contributed by atoms with Crippen LogP contribution in [0.5, 0.6) is 0 Å². The number of hydrogen-bond donors (Lipinski definition) is 0. The van der Waals surface area contributed by atoms with Gasteiger partial charge in [-0.3, -0.25) is 0 Å². The van der Waals surface area contributed by atoms with E-state index in [0.717, 1.165) is 24.0 Å². The minimum Gasteiger partial charge on any atom is -1.00 e. The number of ether oxygens (including phenoxy) is 1. The van der Waals surface area contributed by atoms with E-state index in [2.05, 4.69) is 49.1 Å². The van der Waals surface area contributed by atoms with Crippen LogP contribution in [0.3, 0.4) is 0 Å². The molecular weight excluding hydrogens is 334 g/mol. The van der Waals surface area contributed by atoms with Crippen molar-refractivity contribution in [2.75, 3.05) is 34.3 Å². The maximum Gasteiger partial charge on any atom is 0.110 e. The van der Waals surface area contributed by atoms with Crippen molar-refractivity contribution >= 4 is 28.2 Å². The highest BCUT2D eigenvalue weighted by Crippen LogP contribution is 2.37. The molecule has 120 valence electrons. The minimum atomic E-state index is 0. The molecule has 0 saturated carbocycles. The Morgan fingerprint density at radius 3 is 2.18 bits per heavy atom. The standard InChI is InChI=1S/C17H22NOS2.ClH/c1-18(2)11-13(10-14(12-18)19-3)17(15-6-4-8-20-15)16-7-5-9-21-16;/h4-9,14H,10-12H2,1-3H3;1H/q+1;/p-1/t14-;/m1./s1. The number of thiophene rings is 2. The number of likely N-dealkylation sites (N-methyl/N-ethyl adjacent to an activating group) is 1. The first-order valence-electron chi connectivity index (χ1n) is 7.23. The van der Waals surface area contributed by atoms with Crippen molar-refractivity contribution in [1.29, 1.82) is 0 Å². The maximum absolute atomic E-state index is 5.70. The molecule has 22 heavy (non-hydrogen) atoms. The molecule has 0 N–H and O–H groups in total. The van der Waals surface area contributed by atoms with Crippen molar-refractivity contribution in [2.45, 2.75) is 12.5 Å². The summed E-state index contributed by atoms with van der Waals surface area (Å²) in [4.78, 5) is 2.76. The molecule has 1 fully saturated rings. The van der Waals surface area contributed by atoms with Gasteiger partial charge in [0, 0.05) is 28.9 Å². The number of hydrogen-bond acceptors (Lipinski definition) is 3. The second-order valence-electron chi connectivity index (χ2n) is 6.27. The number of quaternary nitrogens is 1. The summed E-state index contributed by atoms with van der Waals surface area (Å²) < 4.78 is 6.69. The average molecular weight is 356 g/mol. The summed E-state index contributed by atoms with van der Waals surface area (Å²) in [7, 11) is 6.43. The quantitative estimate of drug-likeness (QED) is 0.749. The lowest BCUT2D eigenvalue weighted by atomic mass is 9.94. The van der Waals surface area contributed by atoms with Gasteiger partial charge in [-0.2, -0.15) is 0 Å². The van der Waals surface area contributed by atoms with Gasteiger partial charge in [0.05, 0.1) is 14.1 Å². The largest absolute Gasteiger partial charge is 1.00 e. The van der Waals surface area contributed by atoms with Crippen LogP contribution in [0, 0.1) is 0 Å². The van der Waals surface area contributed by atoms with Gasteiger partial charge in [-0.05, 0) is 28.5 Å². The van der Waals surface area contributed by atoms with E-state index in [9.17, 15) is 0 Å². The fraction of sp³-hybridized carbons (Fsp3) is 0.412. The summed E-state index contributed by atoms with van der Waals surface area (Å²) in [6.07, 6.45) is 1.36. The van der Waals surface area contributed by atoms with Gasteiger partial charge in [0.1, 0.15) is 19.2 Å². The Bertz CT molecular complexity index is 581. The number of likely N-dealkylation sites (tertiary alicyclic amines) is 1. The van der Waals surface area contributed by atoms with Crippen LogP contribution in [0.25, 0.3) is 5.57 Å². The second kappa shape index (κ2) is 7.28. The molecule has 1 aliphatic heterocycles. The lowest BCUT2D eigenvalue weighted by molar-refractivity contribution is -0.892. The molecule has 1 aliphatic rings. The number of piperidine rings is 1. The Labute approximate surface area is 147 Å². The third-order valence-corrected chi connectivity index (χ3v) is 5.79. The maximum atomic E-state index is 5.70. The van der Waals surface area contributed by atoms with Crippen molar-refractivity contribution in [2.24, 2.45) is 0 Å². The van der Waals surface area contributed by atoms with E-state index in [4.69, 9.17) is 4.74 Å². The van der Waals surface area contributed by atoms with E-state index in [-0.39, 0.29) is 12.4 Å². The van der Waals surface area contributed by atoms with Crippen LogP contribution in [0.1, 0.15) is 16.2 Å². The van der Waals surface area contributed by atoms with Crippen molar-refractivity contribution in [1.82, 2.24) is 0 Å². The van der Waals surface area contributed by atoms with Crippen LogP contribution in [-0.2, 0) is 4.74 Å². The van der Waals surface area contributed by atoms with Crippen molar-refractivity contribution in [3.05, 3.63) is 50.4 Å². The summed E-state index contributed by atoms with van der Waals surface area (Å²) >= 11 is 3.67. The third kappa shape index (κ3) is 3.81. The molecule has 3 rings (SSSR count). The number of rotatable bonds is 3. The predicted octanol–water partition coefficient (Wildman–Crippen LogP) is 1.11. The summed E-state index contributed by atoms with van der Waals surface area (Å²) in [5.74, 6) is 0. The van der Waals surface area contributed by atoms with Crippen molar-refractivity contribution < 1.29 is 21.6 Å². The lowest BCUT2D eigenvalue weighted by Crippen LogP contribution is -3.00. The van der Waals surface area contributed by atoms with Gasteiger partial charge >= 0.3 is 0 Å². The molecule has 5 heteroatoms. The first-order chi connectivity index (χ1) is 10.1. The SMILES string of the molecule is CO[C@@H]1CC(=C(c2cccs2)c2cccs2)C[N+](C)(C)C1.[Cl-]. The number of halogens is 1. The van der Waals surface area contributed by atoms with Gasteiger partial charge in [-0.1, -0.05) is 12.1 Å². The van der Waals surface area contributed by atoms with E-state index in [1.165, 1.54) is 20.9 Å². The van der Waals surface area contributed by atoms with Crippen LogP contribution >= 0.6 is 22.7 Å². The van der Waals surface area contributed by atoms with E-state index < -0.39 is 0 Å². The van der Waals surface area contributed by atoms with Crippen molar-refractivity contribution in [3.8, 4) is 0 Å². The van der Waals surface area contributed by atoms with Crippen LogP contribution in [0.15, 0.2) is 40.6 Å². The van der Waals surface area contributed by atoms with Gasteiger partial charge in [0.15, 0.2) is 0 Å². The Morgan fingerprint density at radius 2 is 1.73 bits per heavy atom. The highest BCUT2D eigenvalue weighted by Gasteiger charge is 2.33. The van der Waals surface area contributed by atoms with E-state index >= 15 is 0 Å². The molecule has 0 spiro atoms. The Kier molecular flexibility index (Phi) is 5.86. The minimum absolute atomic E-state index is 0. The Hall–Kier alpha value is -0.650. The van der Waals surface area contributed by atoms with E-state index in [1.807, 2.05) is 29.8 Å². The zero-order valence-corrected chi connectivity index (χ0v) is 15.6. The third-order valence-electron chi connectivity index (χ3n) is 4.01. The number of nitrogens with zero attached hydrogens (tertiary/aromatic N) is 1. The Morgan fingerprint density at radius 1 is 1.14 bits per heavy atom. The molecule has 1 atom stereocenters. The number of methoxy groups -OCH3 is 1. The fourth-order valence-electron chi connectivity index (χ4n) is 3.19. The van der Waals surface area contributed by atoms with Crippen LogP contribution in [-0.4, -0.2) is 44.9 Å². The van der Waals surface area contributed by atoms with Crippen LogP contribution in [0.2, 0.25) is 0 Å². The van der Waals surface area contributed by atoms with Crippen molar-refractivity contribution in [3.63, 3.8) is 0 Å². The molecule has 0 amide bonds. The first-order valence-corrected chi connectivity index (χ1v) is 8.99. The Balaban J connectivity index is 0.00000176. The normalized spacial score (nSPS) is 20.5. The van der Waals surface area contributed by atoms with Gasteiger partial charge < -0.3 is 21.6 Å². The summed E-state index contributed by atoms with van der Waals surface area (Å²) in [6, 6.07) is 8.77. The molecule has 0 aliphatic carbocycles. The molecule has 0 unspecified atom stereocenters. The molecule has 3 heterocycles. The molecule has 2 nitrogen and oxygen atoms in total. The zero-order chi connectivity index (χ0) is 14.9. The molecule has 2 aromatic heterocycles. The first kappa shape index (κ1) is 17.7. The van der Waals surface area contributed by atoms with E-state index in [1.54, 1.807) is 0 Å². The molecular formula is C17H22ClNOS2. The lowest BCUT2D eigenvalue weighted by Gasteiger charge is -2.39. The molecule has 0 aromatic carbocycles. The molecule has 2 aromatic rings. The smallest absolute Gasteiger partial charge is 0.110 e. The van der Waals surface area contributed by atoms with E-state index in [0.29, 0.717) is 6.10 Å². The topological polar surface area (TPSA) is 9.23 Å². The molecule has 0 bridgehead atoms. The van der Waals surface area contributed by atoms with Gasteiger partial charge in [0.2, 0.25) is 0 Å². The van der Waals surface area contributed by atoms with Crippen LogP contribution < -0.4 is 12.4 Å². The fourth-order valence-corrected chi connectivity index (χ4v) is 4.92. The molecule has 0 radical (unpaired) electrons. The summed E-state index contributed by atoms with van der Waals surface area (Å²) in [5.41, 5.74) is 2.97. The highest BCUT2D eigenvalue weighted by molar-refractivity contribution is 7.13. The highest BCUT2D eigenvalue weighted by atomic mass is 35.5. The monoisotopic (exact) mass is 355 g/mol. The second-order valence-corrected chi connectivity index (χ2v) is 8.17. The molecule has 1 saturated heterocycles. The van der Waals surface area contributed by atoms with Gasteiger partial charge in [-0.15, -0.1) is 22.7 Å².